The predicted molar refractivity (Wildman–Crippen MR) is 80.6 cm³/mol. The number of halogens is 3. The summed E-state index contributed by atoms with van der Waals surface area (Å²) in [6.07, 6.45) is -4.47. The summed E-state index contributed by atoms with van der Waals surface area (Å²) in [7, 11) is 0. The molecule has 0 amide bonds. The number of carbonyl (C=O) groups excluding carboxylic acids is 1. The molecule has 2 N–H and O–H groups in total. The fourth-order valence-corrected chi connectivity index (χ4v) is 1.68. The van der Waals surface area contributed by atoms with Crippen molar-refractivity contribution in [2.24, 2.45) is 10.9 Å². The zero-order valence-electron chi connectivity index (χ0n) is 12.3. The Balaban J connectivity index is 2.02. The first-order valence-corrected chi connectivity index (χ1v) is 6.75. The number of nitrogens with zero attached hydrogens (tertiary/aromatic N) is 1. The highest BCUT2D eigenvalue weighted by Crippen LogP contribution is 2.19. The SMILES string of the molecule is N/C(=N\OC(=O)c1cccc(OCC(F)(F)F)c1)c1ccccc1. The number of alkyl halides is 3. The summed E-state index contributed by atoms with van der Waals surface area (Å²) in [6, 6.07) is 13.8. The molecule has 0 aliphatic carbocycles. The Labute approximate surface area is 135 Å². The zero-order valence-corrected chi connectivity index (χ0v) is 12.3. The molecule has 2 aromatic rings. The Kier molecular flexibility index (Phi) is 5.41. The van der Waals surface area contributed by atoms with E-state index in [0.717, 1.165) is 6.07 Å². The number of rotatable bonds is 5. The van der Waals surface area contributed by atoms with Crippen molar-refractivity contribution < 1.29 is 27.5 Å². The van der Waals surface area contributed by atoms with Gasteiger partial charge < -0.3 is 15.3 Å². The smallest absolute Gasteiger partial charge is 0.422 e. The van der Waals surface area contributed by atoms with Gasteiger partial charge in [-0.1, -0.05) is 41.6 Å². The highest BCUT2D eigenvalue weighted by Gasteiger charge is 2.28. The number of carbonyl (C=O) groups is 1. The monoisotopic (exact) mass is 338 g/mol. The molecule has 24 heavy (non-hydrogen) atoms. The molecule has 0 unspecified atom stereocenters. The third kappa shape index (κ3) is 5.31. The number of hydrogen-bond donors (Lipinski definition) is 1. The molecule has 8 heteroatoms. The van der Waals surface area contributed by atoms with E-state index in [1.54, 1.807) is 30.3 Å². The highest BCUT2D eigenvalue weighted by atomic mass is 19.4. The van der Waals surface area contributed by atoms with E-state index >= 15 is 0 Å². The van der Waals surface area contributed by atoms with E-state index in [2.05, 4.69) is 9.89 Å². The summed E-state index contributed by atoms with van der Waals surface area (Å²) >= 11 is 0. The Morgan fingerprint density at radius 3 is 2.38 bits per heavy atom. The van der Waals surface area contributed by atoms with Crippen LogP contribution in [0, 0.1) is 0 Å². The normalized spacial score (nSPS) is 11.9. The quantitative estimate of drug-likeness (QED) is 0.393. The number of ether oxygens (including phenoxy) is 1. The van der Waals surface area contributed by atoms with E-state index in [0.29, 0.717) is 5.56 Å². The topological polar surface area (TPSA) is 73.9 Å². The van der Waals surface area contributed by atoms with E-state index in [-0.39, 0.29) is 17.1 Å². The second-order valence-electron chi connectivity index (χ2n) is 4.65. The average Bonchev–Trinajstić information content (AvgIpc) is 2.58. The van der Waals surface area contributed by atoms with Crippen LogP contribution in [0.2, 0.25) is 0 Å². The maximum Gasteiger partial charge on any atom is 0.422 e. The minimum atomic E-state index is -4.47. The molecule has 0 aliphatic rings. The molecule has 0 bridgehead atoms. The van der Waals surface area contributed by atoms with Gasteiger partial charge in [-0.05, 0) is 18.2 Å². The van der Waals surface area contributed by atoms with Crippen LogP contribution in [-0.4, -0.2) is 24.6 Å². The van der Waals surface area contributed by atoms with Gasteiger partial charge in [-0.25, -0.2) is 4.79 Å². The van der Waals surface area contributed by atoms with Gasteiger partial charge in [-0.15, -0.1) is 0 Å². The molecule has 0 saturated heterocycles. The van der Waals surface area contributed by atoms with Crippen LogP contribution < -0.4 is 10.5 Å². The van der Waals surface area contributed by atoms with E-state index in [4.69, 9.17) is 10.6 Å². The maximum absolute atomic E-state index is 12.1. The summed E-state index contributed by atoms with van der Waals surface area (Å²) in [5, 5.41) is 3.51. The molecular weight excluding hydrogens is 325 g/mol. The largest absolute Gasteiger partial charge is 0.484 e. The molecule has 2 aromatic carbocycles. The number of hydrogen-bond acceptors (Lipinski definition) is 4. The van der Waals surface area contributed by atoms with Crippen LogP contribution >= 0.6 is 0 Å². The van der Waals surface area contributed by atoms with Gasteiger partial charge in [0, 0.05) is 5.56 Å². The van der Waals surface area contributed by atoms with E-state index in [9.17, 15) is 18.0 Å². The second-order valence-corrected chi connectivity index (χ2v) is 4.65. The van der Waals surface area contributed by atoms with Crippen LogP contribution in [0.4, 0.5) is 13.2 Å². The number of benzene rings is 2. The van der Waals surface area contributed by atoms with Crippen molar-refractivity contribution in [2.45, 2.75) is 6.18 Å². The number of amidine groups is 1. The summed E-state index contributed by atoms with van der Waals surface area (Å²) in [4.78, 5) is 16.6. The Bertz CT molecular complexity index is 731. The zero-order chi connectivity index (χ0) is 17.6. The van der Waals surface area contributed by atoms with Crippen molar-refractivity contribution >= 4 is 11.8 Å². The van der Waals surface area contributed by atoms with E-state index < -0.39 is 18.8 Å². The van der Waals surface area contributed by atoms with Crippen LogP contribution in [0.1, 0.15) is 15.9 Å². The molecule has 0 aromatic heterocycles. The van der Waals surface area contributed by atoms with E-state index in [1.807, 2.05) is 0 Å². The van der Waals surface area contributed by atoms with Crippen molar-refractivity contribution in [3.05, 3.63) is 65.7 Å². The molecule has 0 aliphatic heterocycles. The van der Waals surface area contributed by atoms with Crippen LogP contribution in [0.25, 0.3) is 0 Å². The summed E-state index contributed by atoms with van der Waals surface area (Å²) in [5.74, 6) is -0.985. The first-order chi connectivity index (χ1) is 11.3. The van der Waals surface area contributed by atoms with Crippen molar-refractivity contribution in [2.75, 3.05) is 6.61 Å². The number of nitrogens with two attached hydrogens (primary N) is 1. The van der Waals surface area contributed by atoms with Crippen molar-refractivity contribution in [3.63, 3.8) is 0 Å². The highest BCUT2D eigenvalue weighted by molar-refractivity contribution is 5.98. The molecule has 0 saturated carbocycles. The van der Waals surface area contributed by atoms with Crippen molar-refractivity contribution in [1.82, 2.24) is 0 Å². The molecule has 0 radical (unpaired) electrons. The first kappa shape index (κ1) is 17.3. The Morgan fingerprint density at radius 2 is 1.71 bits per heavy atom. The van der Waals surface area contributed by atoms with Gasteiger partial charge in [-0.3, -0.25) is 0 Å². The lowest BCUT2D eigenvalue weighted by Crippen LogP contribution is -2.19. The van der Waals surface area contributed by atoms with Gasteiger partial charge in [0.2, 0.25) is 0 Å². The van der Waals surface area contributed by atoms with Crippen molar-refractivity contribution in [1.29, 1.82) is 0 Å². The molecule has 2 rings (SSSR count). The van der Waals surface area contributed by atoms with Gasteiger partial charge in [0.1, 0.15) is 5.75 Å². The van der Waals surface area contributed by atoms with Gasteiger partial charge in [0.15, 0.2) is 12.4 Å². The molecule has 0 fully saturated rings. The molecule has 0 atom stereocenters. The fourth-order valence-electron chi connectivity index (χ4n) is 1.68. The number of oxime groups is 1. The average molecular weight is 338 g/mol. The lowest BCUT2D eigenvalue weighted by molar-refractivity contribution is -0.153. The van der Waals surface area contributed by atoms with Crippen molar-refractivity contribution in [3.8, 4) is 5.75 Å². The van der Waals surface area contributed by atoms with Crippen LogP contribution in [-0.2, 0) is 4.84 Å². The minimum Gasteiger partial charge on any atom is -0.484 e. The molecule has 0 spiro atoms. The standard InChI is InChI=1S/C16H13F3N2O3/c17-16(18,19)10-23-13-8-4-7-12(9-13)15(22)24-21-14(20)11-5-2-1-3-6-11/h1-9H,10H2,(H2,20,21). The second kappa shape index (κ2) is 7.49. The molecule has 0 heterocycles. The van der Waals surface area contributed by atoms with Crippen LogP contribution in [0.3, 0.4) is 0 Å². The minimum absolute atomic E-state index is 0.00609. The Hall–Kier alpha value is -3.03. The maximum atomic E-state index is 12.1. The van der Waals surface area contributed by atoms with E-state index in [1.165, 1.54) is 18.2 Å². The first-order valence-electron chi connectivity index (χ1n) is 6.75. The van der Waals surface area contributed by atoms with Gasteiger partial charge in [-0.2, -0.15) is 13.2 Å². The van der Waals surface area contributed by atoms with Crippen LogP contribution in [0.5, 0.6) is 5.75 Å². The van der Waals surface area contributed by atoms with Crippen LogP contribution in [0.15, 0.2) is 59.8 Å². The molecule has 5 nitrogen and oxygen atoms in total. The Morgan fingerprint density at radius 1 is 1.04 bits per heavy atom. The summed E-state index contributed by atoms with van der Waals surface area (Å²) in [6.45, 7) is -1.45. The van der Waals surface area contributed by atoms with Gasteiger partial charge >= 0.3 is 12.1 Å². The molecular formula is C16H13F3N2O3. The summed E-state index contributed by atoms with van der Waals surface area (Å²) < 4.78 is 40.9. The third-order valence-corrected chi connectivity index (χ3v) is 2.77. The lowest BCUT2D eigenvalue weighted by atomic mass is 10.2. The van der Waals surface area contributed by atoms with Gasteiger partial charge in [0.25, 0.3) is 0 Å². The lowest BCUT2D eigenvalue weighted by Gasteiger charge is -2.09. The summed E-state index contributed by atoms with van der Waals surface area (Å²) in [5.41, 5.74) is 6.22. The third-order valence-electron chi connectivity index (χ3n) is 2.77. The van der Waals surface area contributed by atoms with Gasteiger partial charge in [0.05, 0.1) is 5.56 Å². The fraction of sp³-hybridized carbons (Fsp3) is 0.125. The molecule has 126 valence electrons. The predicted octanol–water partition coefficient (Wildman–Crippen LogP) is 3.11.